The molecule has 4 N–H and O–H groups in total. The largest absolute Gasteiger partial charge is 0.364 e. The van der Waals surface area contributed by atoms with E-state index in [1.807, 2.05) is 6.20 Å². The molecule has 0 saturated carbocycles. The third-order valence-corrected chi connectivity index (χ3v) is 3.15. The summed E-state index contributed by atoms with van der Waals surface area (Å²) in [6.07, 6.45) is 3.45. The monoisotopic (exact) mass is 300 g/mol. The van der Waals surface area contributed by atoms with E-state index in [1.54, 1.807) is 23.0 Å². The van der Waals surface area contributed by atoms with Gasteiger partial charge >= 0.3 is 0 Å². The van der Waals surface area contributed by atoms with Crippen LogP contribution >= 0.6 is 27.3 Å². The van der Waals surface area contributed by atoms with Crippen LogP contribution in [0.4, 0.5) is 11.8 Å². The second kappa shape index (κ2) is 5.19. The van der Waals surface area contributed by atoms with Gasteiger partial charge in [0.2, 0.25) is 5.95 Å². The predicted octanol–water partition coefficient (Wildman–Crippen LogP) is 1.59. The number of anilines is 2. The summed E-state index contributed by atoms with van der Waals surface area (Å²) in [5.41, 5.74) is 4.19. The van der Waals surface area contributed by atoms with E-state index in [1.165, 1.54) is 0 Å². The van der Waals surface area contributed by atoms with Crippen LogP contribution in [0.1, 0.15) is 4.88 Å². The molecule has 0 saturated heterocycles. The SMILES string of the molecule is NNc1ncc(Br)c(NCc2cncs2)n1. The van der Waals surface area contributed by atoms with Gasteiger partial charge in [-0.15, -0.1) is 11.3 Å². The summed E-state index contributed by atoms with van der Waals surface area (Å²) < 4.78 is 0.788. The van der Waals surface area contributed by atoms with Crippen molar-refractivity contribution < 1.29 is 0 Å². The number of nitrogens with two attached hydrogens (primary N) is 1. The topological polar surface area (TPSA) is 88.8 Å². The number of nitrogen functional groups attached to an aromatic ring is 1. The first-order chi connectivity index (χ1) is 7.79. The zero-order chi connectivity index (χ0) is 11.4. The number of hydrazine groups is 1. The van der Waals surface area contributed by atoms with Gasteiger partial charge in [0.15, 0.2) is 0 Å². The molecule has 2 rings (SSSR count). The van der Waals surface area contributed by atoms with E-state index in [9.17, 15) is 0 Å². The van der Waals surface area contributed by atoms with E-state index < -0.39 is 0 Å². The van der Waals surface area contributed by atoms with Gasteiger partial charge in [-0.05, 0) is 15.9 Å². The number of halogens is 1. The minimum atomic E-state index is 0.370. The number of rotatable bonds is 4. The average molecular weight is 301 g/mol. The fraction of sp³-hybridized carbons (Fsp3) is 0.125. The standard InChI is InChI=1S/C8H9BrN6S/c9-6-3-13-8(15-10)14-7(6)12-2-5-1-11-4-16-5/h1,3-4H,2,10H2,(H2,12,13,14,15). The van der Waals surface area contributed by atoms with E-state index in [2.05, 4.69) is 41.6 Å². The van der Waals surface area contributed by atoms with Crippen LogP contribution in [-0.2, 0) is 6.54 Å². The number of hydrogen-bond donors (Lipinski definition) is 3. The highest BCUT2D eigenvalue weighted by molar-refractivity contribution is 9.10. The normalized spacial score (nSPS) is 10.1. The maximum atomic E-state index is 5.23. The Morgan fingerprint density at radius 1 is 1.44 bits per heavy atom. The first-order valence-corrected chi connectivity index (χ1v) is 6.07. The van der Waals surface area contributed by atoms with Crippen molar-refractivity contribution in [3.63, 3.8) is 0 Å². The Balaban J connectivity index is 2.08. The van der Waals surface area contributed by atoms with Gasteiger partial charge in [0.1, 0.15) is 5.82 Å². The van der Waals surface area contributed by atoms with Crippen molar-refractivity contribution in [3.05, 3.63) is 27.3 Å². The summed E-state index contributed by atoms with van der Waals surface area (Å²) in [7, 11) is 0. The molecule has 84 valence electrons. The number of hydrogen-bond acceptors (Lipinski definition) is 7. The third-order valence-electron chi connectivity index (χ3n) is 1.79. The van der Waals surface area contributed by atoms with Crippen molar-refractivity contribution in [2.24, 2.45) is 5.84 Å². The van der Waals surface area contributed by atoms with E-state index in [0.29, 0.717) is 18.3 Å². The number of nitrogens with zero attached hydrogens (tertiary/aromatic N) is 3. The molecule has 0 aliphatic heterocycles. The van der Waals surface area contributed by atoms with Crippen LogP contribution < -0.4 is 16.6 Å². The summed E-state index contributed by atoms with van der Waals surface area (Å²) in [5, 5.41) is 3.17. The molecule has 0 aromatic carbocycles. The average Bonchev–Trinajstić information content (AvgIpc) is 2.81. The van der Waals surface area contributed by atoms with Crippen LogP contribution in [0.2, 0.25) is 0 Å². The molecule has 0 fully saturated rings. The molecule has 6 nitrogen and oxygen atoms in total. The maximum Gasteiger partial charge on any atom is 0.239 e. The molecule has 0 atom stereocenters. The van der Waals surface area contributed by atoms with Crippen molar-refractivity contribution in [2.75, 3.05) is 10.7 Å². The van der Waals surface area contributed by atoms with Gasteiger partial charge < -0.3 is 5.32 Å². The fourth-order valence-corrected chi connectivity index (χ4v) is 1.93. The molecule has 0 radical (unpaired) electrons. The molecule has 0 spiro atoms. The zero-order valence-corrected chi connectivity index (χ0v) is 10.5. The minimum absolute atomic E-state index is 0.370. The Morgan fingerprint density at radius 2 is 2.31 bits per heavy atom. The molecule has 0 amide bonds. The fourth-order valence-electron chi connectivity index (χ4n) is 1.06. The van der Waals surface area contributed by atoms with Crippen molar-refractivity contribution in [1.29, 1.82) is 0 Å². The Morgan fingerprint density at radius 3 is 3.00 bits per heavy atom. The lowest BCUT2D eigenvalue weighted by Gasteiger charge is -2.07. The second-order valence-corrected chi connectivity index (χ2v) is 4.68. The van der Waals surface area contributed by atoms with Gasteiger partial charge in [-0.2, -0.15) is 4.98 Å². The summed E-state index contributed by atoms with van der Waals surface area (Å²) in [6, 6.07) is 0. The highest BCUT2D eigenvalue weighted by Gasteiger charge is 2.04. The molecular weight excluding hydrogens is 292 g/mol. The Hall–Kier alpha value is -1.25. The van der Waals surface area contributed by atoms with Gasteiger partial charge in [0.05, 0.1) is 16.5 Å². The number of nitrogens with one attached hydrogen (secondary N) is 2. The zero-order valence-electron chi connectivity index (χ0n) is 8.14. The lowest BCUT2D eigenvalue weighted by molar-refractivity contribution is 1.06. The van der Waals surface area contributed by atoms with Gasteiger partial charge in [0.25, 0.3) is 0 Å². The van der Waals surface area contributed by atoms with Gasteiger partial charge in [-0.25, -0.2) is 10.8 Å². The molecule has 0 bridgehead atoms. The summed E-state index contributed by atoms with van der Waals surface area (Å²) >= 11 is 4.94. The van der Waals surface area contributed by atoms with Crippen LogP contribution in [0.15, 0.2) is 22.4 Å². The smallest absolute Gasteiger partial charge is 0.239 e. The van der Waals surface area contributed by atoms with Gasteiger partial charge in [-0.1, -0.05) is 0 Å². The highest BCUT2D eigenvalue weighted by Crippen LogP contribution is 2.20. The molecule has 8 heteroatoms. The highest BCUT2D eigenvalue weighted by atomic mass is 79.9. The van der Waals surface area contributed by atoms with Crippen LogP contribution in [-0.4, -0.2) is 15.0 Å². The third kappa shape index (κ3) is 2.65. The van der Waals surface area contributed by atoms with Crippen LogP contribution in [0.3, 0.4) is 0 Å². The molecule has 0 aliphatic carbocycles. The van der Waals surface area contributed by atoms with Crippen LogP contribution in [0.5, 0.6) is 0 Å². The summed E-state index contributed by atoms with van der Waals surface area (Å²) in [4.78, 5) is 13.3. The van der Waals surface area contributed by atoms with Crippen molar-refractivity contribution >= 4 is 39.0 Å². The van der Waals surface area contributed by atoms with E-state index in [-0.39, 0.29) is 0 Å². The Bertz CT molecular complexity index is 460. The van der Waals surface area contributed by atoms with Crippen molar-refractivity contribution in [1.82, 2.24) is 15.0 Å². The van der Waals surface area contributed by atoms with Crippen LogP contribution in [0, 0.1) is 0 Å². The number of thiazole rings is 1. The van der Waals surface area contributed by atoms with Crippen LogP contribution in [0.25, 0.3) is 0 Å². The van der Waals surface area contributed by atoms with Gasteiger partial charge in [-0.3, -0.25) is 10.4 Å². The molecule has 2 heterocycles. The lowest BCUT2D eigenvalue weighted by Crippen LogP contribution is -2.12. The Labute approximate surface area is 104 Å². The van der Waals surface area contributed by atoms with Crippen molar-refractivity contribution in [2.45, 2.75) is 6.54 Å². The van der Waals surface area contributed by atoms with Crippen molar-refractivity contribution in [3.8, 4) is 0 Å². The predicted molar refractivity (Wildman–Crippen MR) is 67.0 cm³/mol. The van der Waals surface area contributed by atoms with E-state index in [4.69, 9.17) is 5.84 Å². The Kier molecular flexibility index (Phi) is 3.65. The van der Waals surface area contributed by atoms with Gasteiger partial charge in [0, 0.05) is 17.3 Å². The summed E-state index contributed by atoms with van der Waals surface area (Å²) in [6.45, 7) is 0.671. The summed E-state index contributed by atoms with van der Waals surface area (Å²) in [5.74, 6) is 6.29. The molecule has 16 heavy (non-hydrogen) atoms. The number of aromatic nitrogens is 3. The van der Waals surface area contributed by atoms with E-state index >= 15 is 0 Å². The second-order valence-electron chi connectivity index (χ2n) is 2.86. The maximum absolute atomic E-state index is 5.23. The molecular formula is C8H9BrN6S. The molecule has 2 aromatic heterocycles. The molecule has 0 aliphatic rings. The minimum Gasteiger partial charge on any atom is -0.364 e. The first-order valence-electron chi connectivity index (χ1n) is 4.40. The molecule has 2 aromatic rings. The first kappa shape index (κ1) is 11.2. The lowest BCUT2D eigenvalue weighted by atomic mass is 10.5. The molecule has 0 unspecified atom stereocenters. The van der Waals surface area contributed by atoms with E-state index in [0.717, 1.165) is 9.35 Å². The quantitative estimate of drug-likeness (QED) is 0.587.